The number of fused-ring (bicyclic) bond motifs is 2. The molecular weight excluding hydrogens is 299 g/mol. The van der Waals surface area contributed by atoms with Gasteiger partial charge in [0.1, 0.15) is 23.9 Å². The van der Waals surface area contributed by atoms with Gasteiger partial charge in [0.05, 0.1) is 24.9 Å². The van der Waals surface area contributed by atoms with Crippen LogP contribution in [-0.2, 0) is 6.54 Å². The fourth-order valence-corrected chi connectivity index (χ4v) is 2.64. The molecule has 1 aliphatic rings. The van der Waals surface area contributed by atoms with Crippen molar-refractivity contribution in [1.82, 2.24) is 19.9 Å². The maximum atomic E-state index is 14.0. The number of ether oxygens (including phenoxy) is 1. The quantitative estimate of drug-likeness (QED) is 0.747. The number of carbonyl (C=O) groups excluding carboxylic acids is 1. The first-order valence-electron chi connectivity index (χ1n) is 7.22. The van der Waals surface area contributed by atoms with E-state index in [4.69, 9.17) is 4.74 Å². The Morgan fingerprint density at radius 1 is 1.30 bits per heavy atom. The lowest BCUT2D eigenvalue weighted by Gasteiger charge is -2.19. The first kappa shape index (κ1) is 13.7. The van der Waals surface area contributed by atoms with Gasteiger partial charge >= 0.3 is 0 Å². The van der Waals surface area contributed by atoms with E-state index in [2.05, 4.69) is 15.0 Å². The van der Waals surface area contributed by atoms with Crippen LogP contribution in [0.4, 0.5) is 4.39 Å². The zero-order chi connectivity index (χ0) is 15.8. The van der Waals surface area contributed by atoms with Crippen molar-refractivity contribution in [2.75, 3.05) is 13.2 Å². The van der Waals surface area contributed by atoms with Crippen molar-refractivity contribution >= 4 is 17.1 Å². The highest BCUT2D eigenvalue weighted by molar-refractivity contribution is 5.94. The van der Waals surface area contributed by atoms with Crippen LogP contribution in [0.5, 0.6) is 5.75 Å². The van der Waals surface area contributed by atoms with Crippen molar-refractivity contribution in [3.05, 3.63) is 53.7 Å². The molecule has 6 nitrogen and oxygen atoms in total. The van der Waals surface area contributed by atoms with Crippen molar-refractivity contribution < 1.29 is 13.9 Å². The van der Waals surface area contributed by atoms with Gasteiger partial charge in [-0.1, -0.05) is 6.07 Å². The summed E-state index contributed by atoms with van der Waals surface area (Å²) in [4.78, 5) is 25.5. The Morgan fingerprint density at radius 2 is 2.22 bits per heavy atom. The average Bonchev–Trinajstić information content (AvgIpc) is 2.92. The molecule has 23 heavy (non-hydrogen) atoms. The molecule has 0 unspecified atom stereocenters. The van der Waals surface area contributed by atoms with Gasteiger partial charge in [-0.25, -0.2) is 14.4 Å². The lowest BCUT2D eigenvalue weighted by Crippen LogP contribution is -2.33. The molecule has 7 heteroatoms. The van der Waals surface area contributed by atoms with E-state index < -0.39 is 0 Å². The molecule has 4 rings (SSSR count). The van der Waals surface area contributed by atoms with Gasteiger partial charge in [0.15, 0.2) is 5.65 Å². The number of hydrogen-bond acceptors (Lipinski definition) is 4. The molecular formula is C16H13FN4O2. The largest absolute Gasteiger partial charge is 0.491 e. The molecule has 3 aromatic rings. The van der Waals surface area contributed by atoms with Crippen LogP contribution in [0.15, 0.2) is 36.7 Å². The number of benzene rings is 1. The number of hydrogen-bond donors (Lipinski definition) is 1. The molecule has 2 aromatic heterocycles. The summed E-state index contributed by atoms with van der Waals surface area (Å²) < 4.78 is 19.5. The van der Waals surface area contributed by atoms with Crippen LogP contribution >= 0.6 is 0 Å². The molecule has 0 fully saturated rings. The van der Waals surface area contributed by atoms with Crippen molar-refractivity contribution in [2.24, 2.45) is 0 Å². The minimum Gasteiger partial charge on any atom is -0.491 e. The number of nitrogens with one attached hydrogen (secondary N) is 1. The Hall–Kier alpha value is -2.96. The predicted octanol–water partition coefficient (Wildman–Crippen LogP) is 2.13. The predicted molar refractivity (Wildman–Crippen MR) is 80.5 cm³/mol. The third-order valence-corrected chi connectivity index (χ3v) is 3.83. The fourth-order valence-electron chi connectivity index (χ4n) is 2.64. The van der Waals surface area contributed by atoms with Gasteiger partial charge in [-0.05, 0) is 24.3 Å². The first-order chi connectivity index (χ1) is 11.2. The van der Waals surface area contributed by atoms with Crippen LogP contribution in [0.1, 0.15) is 16.1 Å². The maximum absolute atomic E-state index is 14.0. The van der Waals surface area contributed by atoms with Crippen LogP contribution in [0.25, 0.3) is 11.2 Å². The zero-order valence-electron chi connectivity index (χ0n) is 12.1. The van der Waals surface area contributed by atoms with Crippen LogP contribution in [0.2, 0.25) is 0 Å². The number of amides is 1. The summed E-state index contributed by atoms with van der Waals surface area (Å²) in [5.74, 6) is -0.163. The second-order valence-corrected chi connectivity index (χ2v) is 5.26. The summed E-state index contributed by atoms with van der Waals surface area (Å²) in [6.45, 7) is 0.835. The number of pyridine rings is 1. The minimum absolute atomic E-state index is 0.154. The second kappa shape index (κ2) is 5.35. The Kier molecular flexibility index (Phi) is 3.18. The number of halogens is 1. The summed E-state index contributed by atoms with van der Waals surface area (Å²) in [7, 11) is 0. The van der Waals surface area contributed by atoms with Crippen LogP contribution in [0.3, 0.4) is 0 Å². The van der Waals surface area contributed by atoms with E-state index in [-0.39, 0.29) is 24.0 Å². The number of aromatic nitrogens is 3. The number of carbonyl (C=O) groups is 1. The van der Waals surface area contributed by atoms with E-state index >= 15 is 0 Å². The lowest BCUT2D eigenvalue weighted by molar-refractivity contribution is 0.0726. The molecule has 3 heterocycles. The molecule has 0 radical (unpaired) electrons. The Bertz CT molecular complexity index is 893. The normalized spacial score (nSPS) is 14.2. The van der Waals surface area contributed by atoms with Gasteiger partial charge in [-0.15, -0.1) is 0 Å². The third-order valence-electron chi connectivity index (χ3n) is 3.83. The summed E-state index contributed by atoms with van der Waals surface area (Å²) in [6.07, 6.45) is 1.53. The third kappa shape index (κ3) is 2.40. The number of imidazole rings is 1. The van der Waals surface area contributed by atoms with Gasteiger partial charge in [0.25, 0.3) is 5.91 Å². The zero-order valence-corrected chi connectivity index (χ0v) is 12.1. The van der Waals surface area contributed by atoms with Crippen LogP contribution < -0.4 is 4.74 Å². The molecule has 0 saturated carbocycles. The lowest BCUT2D eigenvalue weighted by atomic mass is 10.1. The summed E-state index contributed by atoms with van der Waals surface area (Å²) >= 11 is 0. The van der Waals surface area contributed by atoms with E-state index in [0.717, 1.165) is 5.52 Å². The Balaban J connectivity index is 1.66. The number of rotatable bonds is 1. The van der Waals surface area contributed by atoms with Gasteiger partial charge in [-0.3, -0.25) is 4.79 Å². The molecule has 1 N–H and O–H groups in total. The molecule has 1 amide bonds. The Morgan fingerprint density at radius 3 is 3.13 bits per heavy atom. The summed E-state index contributed by atoms with van der Waals surface area (Å²) in [5.41, 5.74) is 1.91. The van der Waals surface area contributed by atoms with Crippen LogP contribution in [-0.4, -0.2) is 38.9 Å². The summed E-state index contributed by atoms with van der Waals surface area (Å²) in [5, 5.41) is 0. The minimum atomic E-state index is -0.377. The Labute approximate surface area is 130 Å². The van der Waals surface area contributed by atoms with E-state index in [1.54, 1.807) is 24.3 Å². The molecule has 116 valence electrons. The van der Waals surface area contributed by atoms with Gasteiger partial charge in [0, 0.05) is 5.56 Å². The number of H-pyrrole nitrogens is 1. The SMILES string of the molecule is O=C(c1ccc2[nH]cnc2n1)N1CCOc2cccc(F)c2C1. The van der Waals surface area contributed by atoms with Crippen LogP contribution in [0, 0.1) is 5.82 Å². The topological polar surface area (TPSA) is 71.1 Å². The number of nitrogens with zero attached hydrogens (tertiary/aromatic N) is 3. The van der Waals surface area contributed by atoms with E-state index in [1.807, 2.05) is 0 Å². The number of aromatic amines is 1. The molecule has 0 bridgehead atoms. The van der Waals surface area contributed by atoms with E-state index in [1.165, 1.54) is 17.3 Å². The molecule has 1 aromatic carbocycles. The van der Waals surface area contributed by atoms with Gasteiger partial charge < -0.3 is 14.6 Å². The second-order valence-electron chi connectivity index (χ2n) is 5.26. The maximum Gasteiger partial charge on any atom is 0.272 e. The fraction of sp³-hybridized carbons (Fsp3) is 0.188. The van der Waals surface area contributed by atoms with Gasteiger partial charge in [-0.2, -0.15) is 0 Å². The average molecular weight is 312 g/mol. The molecule has 0 atom stereocenters. The first-order valence-corrected chi connectivity index (χ1v) is 7.22. The molecule has 1 aliphatic heterocycles. The monoisotopic (exact) mass is 312 g/mol. The van der Waals surface area contributed by atoms with Crippen molar-refractivity contribution in [3.63, 3.8) is 0 Å². The highest BCUT2D eigenvalue weighted by atomic mass is 19.1. The highest BCUT2D eigenvalue weighted by Crippen LogP contribution is 2.26. The highest BCUT2D eigenvalue weighted by Gasteiger charge is 2.24. The van der Waals surface area contributed by atoms with E-state index in [9.17, 15) is 9.18 Å². The molecule has 0 spiro atoms. The smallest absolute Gasteiger partial charge is 0.272 e. The molecule has 0 saturated heterocycles. The van der Waals surface area contributed by atoms with Crippen molar-refractivity contribution in [1.29, 1.82) is 0 Å². The van der Waals surface area contributed by atoms with Gasteiger partial charge in [0.2, 0.25) is 0 Å². The standard InChI is InChI=1S/C16H13FN4O2/c17-11-2-1-3-14-10(11)8-21(6-7-23-14)16(22)13-5-4-12-15(20-13)19-9-18-12/h1-5,9H,6-8H2,(H,18,19,20). The molecule has 0 aliphatic carbocycles. The summed E-state index contributed by atoms with van der Waals surface area (Å²) in [6, 6.07) is 8.06. The van der Waals surface area contributed by atoms with E-state index in [0.29, 0.717) is 30.1 Å². The van der Waals surface area contributed by atoms with Crippen molar-refractivity contribution in [2.45, 2.75) is 6.54 Å². The van der Waals surface area contributed by atoms with Crippen molar-refractivity contribution in [3.8, 4) is 5.75 Å².